The van der Waals surface area contributed by atoms with Gasteiger partial charge in [0.1, 0.15) is 10.7 Å². The Kier molecular flexibility index (Phi) is 6.11. The van der Waals surface area contributed by atoms with Gasteiger partial charge in [-0.1, -0.05) is 23.7 Å². The predicted octanol–water partition coefficient (Wildman–Crippen LogP) is 3.57. The van der Waals surface area contributed by atoms with E-state index in [0.717, 1.165) is 28.2 Å². The highest BCUT2D eigenvalue weighted by Crippen LogP contribution is 2.33. The average Bonchev–Trinajstić information content (AvgIpc) is 3.27. The Bertz CT molecular complexity index is 1380. The molecule has 1 atom stereocenters. The number of fused-ring (bicyclic) bond motifs is 1. The van der Waals surface area contributed by atoms with E-state index in [9.17, 15) is 4.79 Å². The fourth-order valence-electron chi connectivity index (χ4n) is 3.94. The van der Waals surface area contributed by atoms with Crippen molar-refractivity contribution in [2.24, 2.45) is 0 Å². The van der Waals surface area contributed by atoms with E-state index in [4.69, 9.17) is 16.3 Å². The predicted molar refractivity (Wildman–Crippen MR) is 132 cm³/mol. The molecule has 5 rings (SSSR count). The zero-order chi connectivity index (χ0) is 22.9. The Morgan fingerprint density at radius 2 is 2.18 bits per heavy atom. The molecule has 4 heterocycles. The van der Waals surface area contributed by atoms with Gasteiger partial charge < -0.3 is 15.4 Å². The van der Waals surface area contributed by atoms with Crippen molar-refractivity contribution in [3.63, 3.8) is 0 Å². The quantitative estimate of drug-likeness (QED) is 0.449. The molecule has 1 aliphatic heterocycles. The lowest BCUT2D eigenvalue weighted by molar-refractivity contribution is 0.0183. The van der Waals surface area contributed by atoms with Crippen molar-refractivity contribution in [3.8, 4) is 21.7 Å². The first-order valence-corrected chi connectivity index (χ1v) is 11.9. The van der Waals surface area contributed by atoms with Gasteiger partial charge in [0.05, 0.1) is 19.3 Å². The van der Waals surface area contributed by atoms with Crippen LogP contribution in [0.4, 0.5) is 5.95 Å². The number of aromatic nitrogens is 4. The Morgan fingerprint density at radius 1 is 1.30 bits per heavy atom. The second-order valence-corrected chi connectivity index (χ2v) is 9.15. The number of halogens is 1. The molecule has 0 spiro atoms. The lowest BCUT2D eigenvalue weighted by Gasteiger charge is -2.25. The first-order chi connectivity index (χ1) is 16.0. The number of anilines is 1. The fraction of sp³-hybridized carbons (Fsp3) is 0.304. The number of morpholine rings is 1. The molecule has 1 aromatic carbocycles. The molecule has 0 radical (unpaired) electrons. The lowest BCUT2D eigenvalue weighted by atomic mass is 10.0. The number of pyridine rings is 1. The van der Waals surface area contributed by atoms with E-state index in [1.165, 1.54) is 0 Å². The molecule has 0 aliphatic carbocycles. The monoisotopic (exact) mass is 482 g/mol. The van der Waals surface area contributed by atoms with Crippen LogP contribution in [0.15, 0.2) is 40.6 Å². The van der Waals surface area contributed by atoms with Crippen LogP contribution in [0.3, 0.4) is 0 Å². The molecule has 1 saturated heterocycles. The zero-order valence-corrected chi connectivity index (χ0v) is 19.8. The maximum atomic E-state index is 13.7. The second-order valence-electron chi connectivity index (χ2n) is 7.88. The van der Waals surface area contributed by atoms with Crippen molar-refractivity contribution in [1.82, 2.24) is 24.8 Å². The van der Waals surface area contributed by atoms with E-state index in [2.05, 4.69) is 25.6 Å². The van der Waals surface area contributed by atoms with Crippen molar-refractivity contribution in [1.29, 1.82) is 0 Å². The smallest absolute Gasteiger partial charge is 0.260 e. The number of hydrogen-bond acceptors (Lipinski definition) is 8. The number of hydrogen-bond donors (Lipinski definition) is 2. The van der Waals surface area contributed by atoms with Crippen molar-refractivity contribution in [2.45, 2.75) is 19.6 Å². The molecule has 0 saturated carbocycles. The maximum Gasteiger partial charge on any atom is 0.260 e. The number of nitrogens with zero attached hydrogens (tertiary/aromatic N) is 4. The van der Waals surface area contributed by atoms with E-state index < -0.39 is 0 Å². The Hall–Kier alpha value is -2.85. The standard InChI is InChI=1S/C23H23ClN6O2S/c1-13-12-33-21(28-13)14-3-4-17(19(24)8-14)18-7-15-9-27-23(25-2)29-20(15)30(22(18)31)11-16-10-26-5-6-32-16/h3-4,7-9,12,16,26H,5-6,10-11H2,1-2H3,(H,25,27,29). The molecule has 8 nitrogen and oxygen atoms in total. The van der Waals surface area contributed by atoms with Gasteiger partial charge in [0, 0.05) is 64.5 Å². The molecule has 0 bridgehead atoms. The van der Waals surface area contributed by atoms with Gasteiger partial charge in [-0.2, -0.15) is 4.98 Å². The molecule has 1 aliphatic rings. The summed E-state index contributed by atoms with van der Waals surface area (Å²) in [4.78, 5) is 27.1. The van der Waals surface area contributed by atoms with Crippen molar-refractivity contribution in [2.75, 3.05) is 32.1 Å². The lowest BCUT2D eigenvalue weighted by Crippen LogP contribution is -2.42. The van der Waals surface area contributed by atoms with Gasteiger partial charge in [0.2, 0.25) is 5.95 Å². The summed E-state index contributed by atoms with van der Waals surface area (Å²) < 4.78 is 7.53. The van der Waals surface area contributed by atoms with Crippen LogP contribution in [-0.4, -0.2) is 52.4 Å². The van der Waals surface area contributed by atoms with E-state index in [1.54, 1.807) is 29.1 Å². The first-order valence-electron chi connectivity index (χ1n) is 10.7. The van der Waals surface area contributed by atoms with Gasteiger partial charge in [0.15, 0.2) is 0 Å². The van der Waals surface area contributed by atoms with E-state index in [1.807, 2.05) is 36.6 Å². The molecule has 3 aromatic heterocycles. The highest BCUT2D eigenvalue weighted by atomic mass is 35.5. The Morgan fingerprint density at radius 3 is 2.88 bits per heavy atom. The number of aryl methyl sites for hydroxylation is 1. The molecule has 2 N–H and O–H groups in total. The molecule has 10 heteroatoms. The van der Waals surface area contributed by atoms with Gasteiger partial charge in [0.25, 0.3) is 5.56 Å². The van der Waals surface area contributed by atoms with Crippen LogP contribution < -0.4 is 16.2 Å². The van der Waals surface area contributed by atoms with Crippen molar-refractivity contribution in [3.05, 3.63) is 56.9 Å². The molecule has 1 fully saturated rings. The normalized spacial score (nSPS) is 16.3. The minimum atomic E-state index is -0.169. The summed E-state index contributed by atoms with van der Waals surface area (Å²) in [5.74, 6) is 0.451. The number of nitrogens with one attached hydrogen (secondary N) is 2. The number of benzene rings is 1. The molecule has 0 amide bonds. The van der Waals surface area contributed by atoms with Crippen LogP contribution in [0.25, 0.3) is 32.7 Å². The first kappa shape index (κ1) is 22.0. The minimum absolute atomic E-state index is 0.131. The Balaban J connectivity index is 1.63. The van der Waals surface area contributed by atoms with Gasteiger partial charge in [-0.15, -0.1) is 11.3 Å². The molecule has 4 aromatic rings. The van der Waals surface area contributed by atoms with Gasteiger partial charge in [-0.25, -0.2) is 9.97 Å². The molecule has 1 unspecified atom stereocenters. The third kappa shape index (κ3) is 4.37. The van der Waals surface area contributed by atoms with Gasteiger partial charge in [-0.3, -0.25) is 9.36 Å². The van der Waals surface area contributed by atoms with Crippen LogP contribution in [0.5, 0.6) is 0 Å². The molecular weight excluding hydrogens is 460 g/mol. The summed E-state index contributed by atoms with van der Waals surface area (Å²) in [7, 11) is 1.75. The summed E-state index contributed by atoms with van der Waals surface area (Å²) >= 11 is 8.25. The maximum absolute atomic E-state index is 13.7. The highest BCUT2D eigenvalue weighted by molar-refractivity contribution is 7.13. The summed E-state index contributed by atoms with van der Waals surface area (Å²) in [5, 5.41) is 10.4. The summed E-state index contributed by atoms with van der Waals surface area (Å²) in [6.45, 7) is 4.42. The third-order valence-electron chi connectivity index (χ3n) is 5.57. The summed E-state index contributed by atoms with van der Waals surface area (Å²) in [6, 6.07) is 7.49. The zero-order valence-electron chi connectivity index (χ0n) is 18.3. The van der Waals surface area contributed by atoms with Gasteiger partial charge >= 0.3 is 0 Å². The highest BCUT2D eigenvalue weighted by Gasteiger charge is 2.20. The topological polar surface area (TPSA) is 94.0 Å². The molecule has 170 valence electrons. The third-order valence-corrected chi connectivity index (χ3v) is 6.89. The van der Waals surface area contributed by atoms with Crippen LogP contribution >= 0.6 is 22.9 Å². The molecular formula is C23H23ClN6O2S. The van der Waals surface area contributed by atoms with Crippen LogP contribution in [0.2, 0.25) is 5.02 Å². The van der Waals surface area contributed by atoms with E-state index in [0.29, 0.717) is 47.4 Å². The second kappa shape index (κ2) is 9.18. The van der Waals surface area contributed by atoms with Crippen LogP contribution in [-0.2, 0) is 11.3 Å². The summed E-state index contributed by atoms with van der Waals surface area (Å²) in [5.41, 5.74) is 3.44. The fourth-order valence-corrected chi connectivity index (χ4v) is 5.01. The largest absolute Gasteiger partial charge is 0.374 e. The van der Waals surface area contributed by atoms with Crippen LogP contribution in [0, 0.1) is 6.92 Å². The van der Waals surface area contributed by atoms with Crippen molar-refractivity contribution >= 4 is 39.9 Å². The SMILES string of the molecule is CNc1ncc2cc(-c3ccc(-c4nc(C)cs4)cc3Cl)c(=O)n(CC3CNCCO3)c2n1. The summed E-state index contributed by atoms with van der Waals surface area (Å²) in [6.07, 6.45) is 1.59. The number of rotatable bonds is 5. The minimum Gasteiger partial charge on any atom is -0.374 e. The molecule has 33 heavy (non-hydrogen) atoms. The number of ether oxygens (including phenoxy) is 1. The van der Waals surface area contributed by atoms with Crippen LogP contribution in [0.1, 0.15) is 5.69 Å². The van der Waals surface area contributed by atoms with Crippen molar-refractivity contribution < 1.29 is 4.74 Å². The van der Waals surface area contributed by atoms with E-state index >= 15 is 0 Å². The average molecular weight is 483 g/mol. The van der Waals surface area contributed by atoms with E-state index in [-0.39, 0.29) is 11.7 Å². The van der Waals surface area contributed by atoms with Gasteiger partial charge in [-0.05, 0) is 19.1 Å². The number of thiazole rings is 1. The Labute approximate surface area is 199 Å².